The molecule has 150 valence electrons. The fraction of sp³-hybridized carbons (Fsp3) is 0.565. The molecule has 2 heterocycles. The number of carbonyl (C=O) groups is 1. The normalized spacial score (nSPS) is 24.0. The summed E-state index contributed by atoms with van der Waals surface area (Å²) in [7, 11) is 0. The van der Waals surface area contributed by atoms with E-state index in [-0.39, 0.29) is 29.4 Å². The number of carbonyl (C=O) groups excluding carboxylic acids is 1. The Hall–Kier alpha value is -1.98. The molecule has 1 aliphatic heterocycles. The number of fused-ring (bicyclic) bond motifs is 1. The summed E-state index contributed by atoms with van der Waals surface area (Å²) in [6, 6.07) is 9.83. The van der Waals surface area contributed by atoms with Crippen LogP contribution in [0, 0.1) is 5.41 Å². The second-order valence-electron chi connectivity index (χ2n) is 8.49. The van der Waals surface area contributed by atoms with E-state index in [1.165, 1.54) is 0 Å². The van der Waals surface area contributed by atoms with Gasteiger partial charge in [0.2, 0.25) is 0 Å². The molecule has 4 rings (SSSR count). The quantitative estimate of drug-likeness (QED) is 0.875. The van der Waals surface area contributed by atoms with Crippen molar-refractivity contribution in [2.45, 2.75) is 58.2 Å². The van der Waals surface area contributed by atoms with Gasteiger partial charge in [0.15, 0.2) is 0 Å². The molecule has 1 N–H and O–H groups in total. The van der Waals surface area contributed by atoms with Crippen LogP contribution in [0.4, 0.5) is 0 Å². The Kier molecular flexibility index (Phi) is 5.15. The van der Waals surface area contributed by atoms with E-state index in [1.54, 1.807) is 0 Å². The van der Waals surface area contributed by atoms with Gasteiger partial charge in [-0.1, -0.05) is 32.0 Å². The first-order valence-electron chi connectivity index (χ1n) is 10.4. The Balaban J connectivity index is 1.58. The highest BCUT2D eigenvalue weighted by Crippen LogP contribution is 2.51. The molecular formula is C23H30N2O3. The molecule has 1 aromatic carbocycles. The topological polar surface area (TPSA) is 62.7 Å². The van der Waals surface area contributed by atoms with Crippen molar-refractivity contribution in [3.8, 4) is 0 Å². The highest BCUT2D eigenvalue weighted by atomic mass is 16.5. The van der Waals surface area contributed by atoms with E-state index in [0.29, 0.717) is 26.1 Å². The fourth-order valence-corrected chi connectivity index (χ4v) is 4.78. The van der Waals surface area contributed by atoms with Gasteiger partial charge in [0.25, 0.3) is 5.91 Å². The first-order chi connectivity index (χ1) is 13.5. The molecular weight excluding hydrogens is 352 g/mol. The number of ether oxygens (including phenoxy) is 1. The van der Waals surface area contributed by atoms with Gasteiger partial charge in [-0.3, -0.25) is 9.78 Å². The SMILES string of the molecule is CCOC1CC(O)C12CCN(C(=O)c1cc(C(C)C)nc3ccccc13)CC2. The molecule has 1 spiro atoms. The van der Waals surface area contributed by atoms with Gasteiger partial charge < -0.3 is 14.7 Å². The van der Waals surface area contributed by atoms with E-state index >= 15 is 0 Å². The molecule has 1 amide bonds. The molecule has 2 aromatic rings. The maximum Gasteiger partial charge on any atom is 0.254 e. The number of amides is 1. The van der Waals surface area contributed by atoms with Crippen LogP contribution in [0.3, 0.4) is 0 Å². The van der Waals surface area contributed by atoms with Crippen molar-refractivity contribution in [1.29, 1.82) is 0 Å². The average molecular weight is 383 g/mol. The number of aromatic nitrogens is 1. The molecule has 1 saturated heterocycles. The van der Waals surface area contributed by atoms with Gasteiger partial charge in [-0.2, -0.15) is 0 Å². The molecule has 2 aliphatic rings. The van der Waals surface area contributed by atoms with Crippen LogP contribution in [0.25, 0.3) is 10.9 Å². The fourth-order valence-electron chi connectivity index (χ4n) is 4.78. The average Bonchev–Trinajstić information content (AvgIpc) is 2.72. The lowest BCUT2D eigenvalue weighted by Crippen LogP contribution is -2.62. The Morgan fingerprint density at radius 3 is 2.68 bits per heavy atom. The van der Waals surface area contributed by atoms with Crippen LogP contribution in [0.5, 0.6) is 0 Å². The van der Waals surface area contributed by atoms with Crippen LogP contribution in [0.15, 0.2) is 30.3 Å². The second-order valence-corrected chi connectivity index (χ2v) is 8.49. The molecule has 0 bridgehead atoms. The molecule has 1 aliphatic carbocycles. The van der Waals surface area contributed by atoms with Crippen molar-refractivity contribution in [3.05, 3.63) is 41.6 Å². The number of aliphatic hydroxyl groups is 1. The number of nitrogens with zero attached hydrogens (tertiary/aromatic N) is 2. The third-order valence-corrected chi connectivity index (χ3v) is 6.65. The maximum atomic E-state index is 13.4. The summed E-state index contributed by atoms with van der Waals surface area (Å²) >= 11 is 0. The first-order valence-corrected chi connectivity index (χ1v) is 10.4. The zero-order chi connectivity index (χ0) is 19.9. The van der Waals surface area contributed by atoms with Crippen LogP contribution in [-0.4, -0.2) is 52.8 Å². The third kappa shape index (κ3) is 3.11. The van der Waals surface area contributed by atoms with E-state index in [0.717, 1.165) is 35.0 Å². The number of likely N-dealkylation sites (tertiary alicyclic amines) is 1. The monoisotopic (exact) mass is 382 g/mol. The predicted molar refractivity (Wildman–Crippen MR) is 109 cm³/mol. The molecule has 2 fully saturated rings. The van der Waals surface area contributed by atoms with E-state index in [1.807, 2.05) is 42.2 Å². The minimum absolute atomic E-state index is 0.0668. The van der Waals surface area contributed by atoms with E-state index in [2.05, 4.69) is 13.8 Å². The zero-order valence-corrected chi connectivity index (χ0v) is 17.0. The lowest BCUT2D eigenvalue weighted by atomic mass is 9.58. The first kappa shape index (κ1) is 19.3. The molecule has 28 heavy (non-hydrogen) atoms. The summed E-state index contributed by atoms with van der Waals surface area (Å²) in [4.78, 5) is 20.1. The van der Waals surface area contributed by atoms with Crippen molar-refractivity contribution in [1.82, 2.24) is 9.88 Å². The predicted octanol–water partition coefficient (Wildman–Crippen LogP) is 3.75. The number of aliphatic hydroxyl groups excluding tert-OH is 1. The Morgan fingerprint density at radius 1 is 1.32 bits per heavy atom. The lowest BCUT2D eigenvalue weighted by molar-refractivity contribution is -0.207. The number of rotatable bonds is 4. The molecule has 5 nitrogen and oxygen atoms in total. The Morgan fingerprint density at radius 2 is 2.04 bits per heavy atom. The summed E-state index contributed by atoms with van der Waals surface area (Å²) in [5, 5.41) is 11.3. The number of hydrogen-bond acceptors (Lipinski definition) is 4. The minimum Gasteiger partial charge on any atom is -0.392 e. The standard InChI is InChI=1S/C23H30N2O3/c1-4-28-21-14-20(26)23(21)9-11-25(12-10-23)22(27)17-13-19(15(2)3)24-18-8-6-5-7-16(17)18/h5-8,13,15,20-21,26H,4,9-12,14H2,1-3H3. The molecule has 2 atom stereocenters. The summed E-state index contributed by atoms with van der Waals surface area (Å²) in [6.45, 7) is 8.19. The lowest BCUT2D eigenvalue weighted by Gasteiger charge is -2.56. The van der Waals surface area contributed by atoms with Gasteiger partial charge in [0, 0.05) is 42.6 Å². The summed E-state index contributed by atoms with van der Waals surface area (Å²) in [5.41, 5.74) is 2.38. The number of piperidine rings is 1. The van der Waals surface area contributed by atoms with Crippen molar-refractivity contribution in [3.63, 3.8) is 0 Å². The van der Waals surface area contributed by atoms with Crippen molar-refractivity contribution < 1.29 is 14.6 Å². The second kappa shape index (κ2) is 7.45. The van der Waals surface area contributed by atoms with Crippen LogP contribution in [0.1, 0.15) is 62.0 Å². The van der Waals surface area contributed by atoms with E-state index in [9.17, 15) is 9.90 Å². The zero-order valence-electron chi connectivity index (χ0n) is 17.0. The highest BCUT2D eigenvalue weighted by Gasteiger charge is 2.56. The molecule has 1 saturated carbocycles. The minimum atomic E-state index is -0.310. The number of para-hydroxylation sites is 1. The van der Waals surface area contributed by atoms with Crippen molar-refractivity contribution in [2.24, 2.45) is 5.41 Å². The van der Waals surface area contributed by atoms with E-state index < -0.39 is 0 Å². The van der Waals surface area contributed by atoms with E-state index in [4.69, 9.17) is 9.72 Å². The maximum absolute atomic E-state index is 13.4. The molecule has 0 radical (unpaired) electrons. The number of benzene rings is 1. The van der Waals surface area contributed by atoms with Gasteiger partial charge in [0.05, 0.1) is 23.3 Å². The van der Waals surface area contributed by atoms with Crippen molar-refractivity contribution >= 4 is 16.8 Å². The van der Waals surface area contributed by atoms with Gasteiger partial charge >= 0.3 is 0 Å². The Bertz CT molecular complexity index is 869. The summed E-state index contributed by atoms with van der Waals surface area (Å²) < 4.78 is 5.85. The van der Waals surface area contributed by atoms with Crippen LogP contribution >= 0.6 is 0 Å². The largest absolute Gasteiger partial charge is 0.392 e. The van der Waals surface area contributed by atoms with Crippen LogP contribution in [-0.2, 0) is 4.74 Å². The van der Waals surface area contributed by atoms with Gasteiger partial charge in [-0.25, -0.2) is 0 Å². The summed E-state index contributed by atoms with van der Waals surface area (Å²) in [5.74, 6) is 0.329. The smallest absolute Gasteiger partial charge is 0.254 e. The van der Waals surface area contributed by atoms with Gasteiger partial charge in [0.1, 0.15) is 0 Å². The van der Waals surface area contributed by atoms with Crippen molar-refractivity contribution in [2.75, 3.05) is 19.7 Å². The van der Waals surface area contributed by atoms with Crippen LogP contribution < -0.4 is 0 Å². The summed E-state index contributed by atoms with van der Waals surface area (Å²) in [6.07, 6.45) is 2.12. The Labute approximate surface area is 166 Å². The van der Waals surface area contributed by atoms with Crippen LogP contribution in [0.2, 0.25) is 0 Å². The molecule has 5 heteroatoms. The third-order valence-electron chi connectivity index (χ3n) is 6.65. The van der Waals surface area contributed by atoms with Gasteiger partial charge in [-0.05, 0) is 37.8 Å². The molecule has 2 unspecified atom stereocenters. The van der Waals surface area contributed by atoms with Gasteiger partial charge in [-0.15, -0.1) is 0 Å². The highest BCUT2D eigenvalue weighted by molar-refractivity contribution is 6.06. The molecule has 1 aromatic heterocycles. The number of pyridine rings is 1. The number of hydrogen-bond donors (Lipinski definition) is 1.